The van der Waals surface area contributed by atoms with Crippen molar-refractivity contribution in [2.45, 2.75) is 52.5 Å². The first kappa shape index (κ1) is 22.6. The van der Waals surface area contributed by atoms with E-state index in [0.717, 1.165) is 64.6 Å². The van der Waals surface area contributed by atoms with Crippen LogP contribution in [-0.2, 0) is 4.79 Å². The van der Waals surface area contributed by atoms with Crippen LogP contribution in [0.2, 0.25) is 0 Å². The number of nitrogens with zero attached hydrogens (tertiary/aromatic N) is 3. The van der Waals surface area contributed by atoms with Crippen molar-refractivity contribution < 1.29 is 4.79 Å². The Balaban J connectivity index is 1.44. The van der Waals surface area contributed by atoms with Gasteiger partial charge in [0, 0.05) is 45.2 Å². The SMILES string of the molecule is CCNC(=NCCN1CCN(C(=O)C2CCCC2)CC1)NC(C)c1ccccc1C. The van der Waals surface area contributed by atoms with Gasteiger partial charge in [-0.15, -0.1) is 0 Å². The second-order valence-corrected chi connectivity index (χ2v) is 8.63. The fourth-order valence-electron chi connectivity index (χ4n) is 4.60. The van der Waals surface area contributed by atoms with E-state index in [0.29, 0.717) is 11.8 Å². The smallest absolute Gasteiger partial charge is 0.225 e. The average molecular weight is 414 g/mol. The summed E-state index contributed by atoms with van der Waals surface area (Å²) >= 11 is 0. The van der Waals surface area contributed by atoms with E-state index in [1.165, 1.54) is 24.0 Å². The molecule has 1 atom stereocenters. The molecule has 0 aromatic heterocycles. The summed E-state index contributed by atoms with van der Waals surface area (Å²) in [6.45, 7) is 12.6. The third-order valence-electron chi connectivity index (χ3n) is 6.43. The van der Waals surface area contributed by atoms with Gasteiger partial charge in [0.05, 0.1) is 12.6 Å². The Morgan fingerprint density at radius 1 is 1.17 bits per heavy atom. The van der Waals surface area contributed by atoms with E-state index in [1.54, 1.807) is 0 Å². The molecule has 6 nitrogen and oxygen atoms in total. The van der Waals surface area contributed by atoms with Gasteiger partial charge in [0.2, 0.25) is 5.91 Å². The molecule has 1 aromatic rings. The van der Waals surface area contributed by atoms with Crippen LogP contribution in [0, 0.1) is 12.8 Å². The molecule has 30 heavy (non-hydrogen) atoms. The number of hydrogen-bond acceptors (Lipinski definition) is 3. The number of aliphatic imine (C=N–C) groups is 1. The van der Waals surface area contributed by atoms with Crippen molar-refractivity contribution in [1.29, 1.82) is 0 Å². The van der Waals surface area contributed by atoms with Crippen LogP contribution in [0.1, 0.15) is 56.7 Å². The van der Waals surface area contributed by atoms with Crippen molar-refractivity contribution >= 4 is 11.9 Å². The highest BCUT2D eigenvalue weighted by Gasteiger charge is 2.29. The van der Waals surface area contributed by atoms with Crippen LogP contribution in [0.15, 0.2) is 29.3 Å². The number of aryl methyl sites for hydroxylation is 1. The molecule has 1 heterocycles. The number of benzene rings is 1. The first-order chi connectivity index (χ1) is 14.6. The highest BCUT2D eigenvalue weighted by atomic mass is 16.2. The van der Waals surface area contributed by atoms with E-state index in [9.17, 15) is 4.79 Å². The van der Waals surface area contributed by atoms with E-state index in [4.69, 9.17) is 4.99 Å². The van der Waals surface area contributed by atoms with E-state index in [2.05, 4.69) is 65.5 Å². The topological polar surface area (TPSA) is 60.0 Å². The lowest BCUT2D eigenvalue weighted by Gasteiger charge is -2.35. The van der Waals surface area contributed by atoms with E-state index >= 15 is 0 Å². The normalized spacial score (nSPS) is 19.7. The molecular weight excluding hydrogens is 374 g/mol. The fraction of sp³-hybridized carbons (Fsp3) is 0.667. The lowest BCUT2D eigenvalue weighted by atomic mass is 10.0. The van der Waals surface area contributed by atoms with Crippen molar-refractivity contribution in [3.63, 3.8) is 0 Å². The summed E-state index contributed by atoms with van der Waals surface area (Å²) < 4.78 is 0. The minimum atomic E-state index is 0.203. The van der Waals surface area contributed by atoms with Crippen molar-refractivity contribution in [2.75, 3.05) is 45.8 Å². The number of amides is 1. The molecule has 2 N–H and O–H groups in total. The molecule has 1 unspecified atom stereocenters. The van der Waals surface area contributed by atoms with Crippen LogP contribution in [-0.4, -0.2) is 67.5 Å². The Bertz CT molecular complexity index is 705. The summed E-state index contributed by atoms with van der Waals surface area (Å²) in [4.78, 5) is 21.9. The zero-order valence-corrected chi connectivity index (χ0v) is 19.0. The molecule has 1 saturated carbocycles. The van der Waals surface area contributed by atoms with Gasteiger partial charge in [-0.3, -0.25) is 14.7 Å². The van der Waals surface area contributed by atoms with Crippen molar-refractivity contribution in [3.8, 4) is 0 Å². The Kier molecular flexibility index (Phi) is 8.55. The summed E-state index contributed by atoms with van der Waals surface area (Å²) in [5, 5.41) is 6.89. The number of carbonyl (C=O) groups is 1. The number of carbonyl (C=O) groups excluding carboxylic acids is 1. The van der Waals surface area contributed by atoms with Crippen LogP contribution in [0.5, 0.6) is 0 Å². The number of hydrogen-bond donors (Lipinski definition) is 2. The van der Waals surface area contributed by atoms with Crippen molar-refractivity contribution in [2.24, 2.45) is 10.9 Å². The number of nitrogens with one attached hydrogen (secondary N) is 2. The molecule has 166 valence electrons. The molecule has 2 fully saturated rings. The first-order valence-electron chi connectivity index (χ1n) is 11.7. The molecule has 0 bridgehead atoms. The second kappa shape index (κ2) is 11.3. The van der Waals surface area contributed by atoms with E-state index in [1.807, 2.05) is 0 Å². The predicted molar refractivity (Wildman–Crippen MR) is 124 cm³/mol. The quantitative estimate of drug-likeness (QED) is 0.533. The van der Waals surface area contributed by atoms with E-state index < -0.39 is 0 Å². The molecule has 6 heteroatoms. The standard InChI is InChI=1S/C24H39N5O/c1-4-25-24(27-20(3)22-12-8-5-9-19(22)2)26-13-14-28-15-17-29(18-16-28)23(30)21-10-6-7-11-21/h5,8-9,12,20-21H,4,6-7,10-11,13-18H2,1-3H3,(H2,25,26,27). The summed E-state index contributed by atoms with van der Waals surface area (Å²) in [6.07, 6.45) is 4.63. The molecule has 2 aliphatic rings. The molecular formula is C24H39N5O. The summed E-state index contributed by atoms with van der Waals surface area (Å²) in [7, 11) is 0. The highest BCUT2D eigenvalue weighted by Crippen LogP contribution is 2.26. The third kappa shape index (κ3) is 6.21. The number of piperazine rings is 1. The molecule has 1 aliphatic carbocycles. The van der Waals surface area contributed by atoms with Gasteiger partial charge >= 0.3 is 0 Å². The minimum Gasteiger partial charge on any atom is -0.357 e. The van der Waals surface area contributed by atoms with Crippen LogP contribution >= 0.6 is 0 Å². The van der Waals surface area contributed by atoms with Crippen LogP contribution < -0.4 is 10.6 Å². The fourth-order valence-corrected chi connectivity index (χ4v) is 4.60. The third-order valence-corrected chi connectivity index (χ3v) is 6.43. The Morgan fingerprint density at radius 2 is 1.87 bits per heavy atom. The summed E-state index contributed by atoms with van der Waals surface area (Å²) in [5.41, 5.74) is 2.59. The Hall–Kier alpha value is -2.08. The molecule has 1 saturated heterocycles. The number of guanidine groups is 1. The minimum absolute atomic E-state index is 0.203. The lowest BCUT2D eigenvalue weighted by molar-refractivity contribution is -0.137. The molecule has 0 radical (unpaired) electrons. The summed E-state index contributed by atoms with van der Waals surface area (Å²) in [5.74, 6) is 1.56. The van der Waals surface area contributed by atoms with Crippen LogP contribution in [0.3, 0.4) is 0 Å². The van der Waals surface area contributed by atoms with Gasteiger partial charge < -0.3 is 15.5 Å². The second-order valence-electron chi connectivity index (χ2n) is 8.63. The average Bonchev–Trinajstić information content (AvgIpc) is 3.29. The molecule has 1 aromatic carbocycles. The molecule has 1 amide bonds. The molecule has 0 spiro atoms. The monoisotopic (exact) mass is 413 g/mol. The van der Waals surface area contributed by atoms with Gasteiger partial charge in [-0.2, -0.15) is 0 Å². The predicted octanol–water partition coefficient (Wildman–Crippen LogP) is 2.95. The van der Waals surface area contributed by atoms with Crippen LogP contribution in [0.25, 0.3) is 0 Å². The molecule has 1 aliphatic heterocycles. The maximum atomic E-state index is 12.6. The largest absolute Gasteiger partial charge is 0.357 e. The zero-order valence-electron chi connectivity index (χ0n) is 19.0. The maximum Gasteiger partial charge on any atom is 0.225 e. The van der Waals surface area contributed by atoms with Gasteiger partial charge in [-0.25, -0.2) is 0 Å². The first-order valence-corrected chi connectivity index (χ1v) is 11.7. The van der Waals surface area contributed by atoms with Gasteiger partial charge in [0.15, 0.2) is 5.96 Å². The number of rotatable bonds is 7. The van der Waals surface area contributed by atoms with Crippen molar-refractivity contribution in [3.05, 3.63) is 35.4 Å². The van der Waals surface area contributed by atoms with Gasteiger partial charge in [0.1, 0.15) is 0 Å². The van der Waals surface area contributed by atoms with E-state index in [-0.39, 0.29) is 6.04 Å². The van der Waals surface area contributed by atoms with Gasteiger partial charge in [0.25, 0.3) is 0 Å². The van der Waals surface area contributed by atoms with Crippen molar-refractivity contribution in [1.82, 2.24) is 20.4 Å². The summed E-state index contributed by atoms with van der Waals surface area (Å²) in [6, 6.07) is 8.68. The maximum absolute atomic E-state index is 12.6. The lowest BCUT2D eigenvalue weighted by Crippen LogP contribution is -2.50. The highest BCUT2D eigenvalue weighted by molar-refractivity contribution is 5.80. The Labute approximate surface area is 182 Å². The van der Waals surface area contributed by atoms with Crippen LogP contribution in [0.4, 0.5) is 0 Å². The Morgan fingerprint density at radius 3 is 2.53 bits per heavy atom. The van der Waals surface area contributed by atoms with Gasteiger partial charge in [-0.1, -0.05) is 37.1 Å². The van der Waals surface area contributed by atoms with Gasteiger partial charge in [-0.05, 0) is 44.7 Å². The zero-order chi connectivity index (χ0) is 21.3. The molecule has 3 rings (SSSR count).